The van der Waals surface area contributed by atoms with Crippen LogP contribution in [0.3, 0.4) is 0 Å². The summed E-state index contributed by atoms with van der Waals surface area (Å²) in [5.41, 5.74) is 6.77. The van der Waals surface area contributed by atoms with E-state index in [0.717, 1.165) is 19.3 Å². The molecule has 8 heteroatoms. The first-order valence-electron chi connectivity index (χ1n) is 8.10. The molecular weight excluding hydrogens is 332 g/mol. The molecule has 1 aliphatic carbocycles. The fraction of sp³-hybridized carbons (Fsp3) is 0.562. The van der Waals surface area contributed by atoms with E-state index in [1.54, 1.807) is 18.2 Å². The van der Waals surface area contributed by atoms with Crippen LogP contribution in [-0.4, -0.2) is 48.0 Å². The molecule has 1 aliphatic heterocycles. The number of para-hydroxylation sites is 2. The minimum atomic E-state index is -0.357. The Bertz CT molecular complexity index is 605. The van der Waals surface area contributed by atoms with Crippen LogP contribution in [0.25, 0.3) is 0 Å². The molecule has 1 aromatic carbocycles. The van der Waals surface area contributed by atoms with Crippen molar-refractivity contribution >= 4 is 29.7 Å². The summed E-state index contributed by atoms with van der Waals surface area (Å²) in [5.74, 6) is 0.102. The van der Waals surface area contributed by atoms with Gasteiger partial charge in [0.05, 0.1) is 10.8 Å². The van der Waals surface area contributed by atoms with Gasteiger partial charge in [0.1, 0.15) is 5.69 Å². The third-order valence-electron chi connectivity index (χ3n) is 4.90. The molecule has 0 aromatic heterocycles. The number of hydrogen-bond donors (Lipinski definition) is 1. The van der Waals surface area contributed by atoms with Gasteiger partial charge in [0.25, 0.3) is 5.69 Å². The Morgan fingerprint density at radius 2 is 1.83 bits per heavy atom. The van der Waals surface area contributed by atoms with Crippen molar-refractivity contribution in [2.45, 2.75) is 25.3 Å². The maximum Gasteiger partial charge on any atom is 0.292 e. The second-order valence-electron chi connectivity index (χ2n) is 6.26. The van der Waals surface area contributed by atoms with E-state index in [2.05, 4.69) is 0 Å². The maximum atomic E-state index is 12.5. The molecule has 1 aromatic rings. The molecular formula is C16H23ClN4O3. The van der Waals surface area contributed by atoms with Crippen LogP contribution in [0.1, 0.15) is 19.3 Å². The molecule has 132 valence electrons. The first-order valence-corrected chi connectivity index (χ1v) is 8.10. The molecule has 2 unspecified atom stereocenters. The van der Waals surface area contributed by atoms with E-state index in [1.165, 1.54) is 6.07 Å². The number of carbonyl (C=O) groups is 1. The topological polar surface area (TPSA) is 92.7 Å². The van der Waals surface area contributed by atoms with Crippen molar-refractivity contribution in [3.05, 3.63) is 34.4 Å². The molecule has 24 heavy (non-hydrogen) atoms. The average Bonchev–Trinajstić information content (AvgIpc) is 3.00. The smallest absolute Gasteiger partial charge is 0.292 e. The van der Waals surface area contributed by atoms with Gasteiger partial charge in [-0.25, -0.2) is 0 Å². The monoisotopic (exact) mass is 354 g/mol. The normalized spacial score (nSPS) is 23.7. The molecule has 2 aliphatic rings. The van der Waals surface area contributed by atoms with Gasteiger partial charge in [0.15, 0.2) is 0 Å². The van der Waals surface area contributed by atoms with Crippen LogP contribution in [0.4, 0.5) is 11.4 Å². The summed E-state index contributed by atoms with van der Waals surface area (Å²) < 4.78 is 0. The summed E-state index contributed by atoms with van der Waals surface area (Å²) in [4.78, 5) is 27.2. The molecule has 1 saturated heterocycles. The number of halogens is 1. The average molecular weight is 355 g/mol. The second kappa shape index (κ2) is 7.81. The number of rotatable bonds is 3. The molecule has 1 heterocycles. The lowest BCUT2D eigenvalue weighted by atomic mass is 10.0. The summed E-state index contributed by atoms with van der Waals surface area (Å²) in [7, 11) is 0. The van der Waals surface area contributed by atoms with Crippen molar-refractivity contribution in [3.63, 3.8) is 0 Å². The molecule has 7 nitrogen and oxygen atoms in total. The molecule has 1 saturated carbocycles. The van der Waals surface area contributed by atoms with Gasteiger partial charge in [-0.1, -0.05) is 18.6 Å². The Hall–Kier alpha value is -1.86. The van der Waals surface area contributed by atoms with Gasteiger partial charge in [0, 0.05) is 38.3 Å². The van der Waals surface area contributed by atoms with Gasteiger partial charge >= 0.3 is 0 Å². The number of amides is 1. The van der Waals surface area contributed by atoms with Gasteiger partial charge in [-0.05, 0) is 18.9 Å². The van der Waals surface area contributed by atoms with E-state index in [4.69, 9.17) is 5.73 Å². The summed E-state index contributed by atoms with van der Waals surface area (Å²) in [5, 5.41) is 11.1. The molecule has 1 amide bonds. The van der Waals surface area contributed by atoms with E-state index in [-0.39, 0.29) is 40.9 Å². The zero-order chi connectivity index (χ0) is 16.4. The van der Waals surface area contributed by atoms with Crippen molar-refractivity contribution in [2.24, 2.45) is 11.7 Å². The Labute approximate surface area is 147 Å². The Kier molecular flexibility index (Phi) is 6.01. The summed E-state index contributed by atoms with van der Waals surface area (Å²) >= 11 is 0. The number of benzene rings is 1. The number of carbonyl (C=O) groups excluding carboxylic acids is 1. The molecule has 2 atom stereocenters. The quantitative estimate of drug-likeness (QED) is 0.660. The summed E-state index contributed by atoms with van der Waals surface area (Å²) in [6.45, 7) is 2.40. The third kappa shape index (κ3) is 3.62. The molecule has 3 rings (SSSR count). The van der Waals surface area contributed by atoms with Crippen molar-refractivity contribution in [3.8, 4) is 0 Å². The van der Waals surface area contributed by atoms with Gasteiger partial charge < -0.3 is 15.5 Å². The Balaban J connectivity index is 0.00000208. The molecule has 2 N–H and O–H groups in total. The van der Waals surface area contributed by atoms with E-state index < -0.39 is 0 Å². The van der Waals surface area contributed by atoms with Crippen LogP contribution in [0.5, 0.6) is 0 Å². The van der Waals surface area contributed by atoms with Crippen molar-refractivity contribution < 1.29 is 9.72 Å². The maximum absolute atomic E-state index is 12.5. The minimum absolute atomic E-state index is 0. The van der Waals surface area contributed by atoms with Gasteiger partial charge in [0.2, 0.25) is 5.91 Å². The van der Waals surface area contributed by atoms with E-state index in [1.807, 2.05) is 9.80 Å². The summed E-state index contributed by atoms with van der Waals surface area (Å²) in [6, 6.07) is 6.74. The highest BCUT2D eigenvalue weighted by molar-refractivity contribution is 5.85. The number of nitrogens with two attached hydrogens (primary N) is 1. The van der Waals surface area contributed by atoms with Crippen molar-refractivity contribution in [1.29, 1.82) is 0 Å². The lowest BCUT2D eigenvalue weighted by Crippen LogP contribution is -2.52. The zero-order valence-corrected chi connectivity index (χ0v) is 14.3. The van der Waals surface area contributed by atoms with Crippen LogP contribution < -0.4 is 10.6 Å². The van der Waals surface area contributed by atoms with E-state index in [9.17, 15) is 14.9 Å². The predicted octanol–water partition coefficient (Wildman–Crippen LogP) is 1.79. The minimum Gasteiger partial charge on any atom is -0.362 e. The molecule has 0 radical (unpaired) electrons. The SMILES string of the molecule is Cl.NC1CCCC1C(=O)N1CCN(c2ccccc2[N+](=O)[O-])CC1. The van der Waals surface area contributed by atoms with Crippen LogP contribution in [0.2, 0.25) is 0 Å². The molecule has 2 fully saturated rings. The number of piperazine rings is 1. The number of anilines is 1. The number of nitrogens with zero attached hydrogens (tertiary/aromatic N) is 3. The molecule has 0 bridgehead atoms. The molecule has 0 spiro atoms. The highest BCUT2D eigenvalue weighted by Gasteiger charge is 2.35. The van der Waals surface area contributed by atoms with Crippen LogP contribution in [0, 0.1) is 16.0 Å². The van der Waals surface area contributed by atoms with Crippen LogP contribution in [0.15, 0.2) is 24.3 Å². The van der Waals surface area contributed by atoms with Crippen molar-refractivity contribution in [2.75, 3.05) is 31.1 Å². The Morgan fingerprint density at radius 3 is 2.42 bits per heavy atom. The fourth-order valence-electron chi connectivity index (χ4n) is 3.58. The number of nitro groups is 1. The fourth-order valence-corrected chi connectivity index (χ4v) is 3.58. The zero-order valence-electron chi connectivity index (χ0n) is 13.5. The van der Waals surface area contributed by atoms with E-state index >= 15 is 0 Å². The van der Waals surface area contributed by atoms with Crippen molar-refractivity contribution in [1.82, 2.24) is 4.90 Å². The summed E-state index contributed by atoms with van der Waals surface area (Å²) in [6.07, 6.45) is 2.82. The first-order chi connectivity index (χ1) is 11.1. The standard InChI is InChI=1S/C16H22N4O3.ClH/c17-13-5-3-4-12(13)16(21)19-10-8-18(9-11-19)14-6-1-2-7-15(14)20(22)23;/h1-2,6-7,12-13H,3-5,8-11,17H2;1H. The van der Waals surface area contributed by atoms with Crippen LogP contribution in [-0.2, 0) is 4.79 Å². The number of hydrogen-bond acceptors (Lipinski definition) is 5. The van der Waals surface area contributed by atoms with E-state index in [0.29, 0.717) is 31.9 Å². The number of nitro benzene ring substituents is 1. The van der Waals surface area contributed by atoms with Gasteiger partial charge in [-0.3, -0.25) is 14.9 Å². The first kappa shape index (κ1) is 18.5. The lowest BCUT2D eigenvalue weighted by molar-refractivity contribution is -0.384. The highest BCUT2D eigenvalue weighted by Crippen LogP contribution is 2.30. The predicted molar refractivity (Wildman–Crippen MR) is 94.5 cm³/mol. The third-order valence-corrected chi connectivity index (χ3v) is 4.90. The Morgan fingerprint density at radius 1 is 1.17 bits per heavy atom. The lowest BCUT2D eigenvalue weighted by Gasteiger charge is -2.37. The second-order valence-corrected chi connectivity index (χ2v) is 6.26. The largest absolute Gasteiger partial charge is 0.362 e. The highest BCUT2D eigenvalue weighted by atomic mass is 35.5. The van der Waals surface area contributed by atoms with Gasteiger partial charge in [-0.15, -0.1) is 12.4 Å². The van der Waals surface area contributed by atoms with Crippen LogP contribution >= 0.6 is 12.4 Å². The van der Waals surface area contributed by atoms with Gasteiger partial charge in [-0.2, -0.15) is 0 Å².